The highest BCUT2D eigenvalue weighted by molar-refractivity contribution is 7.99. The summed E-state index contributed by atoms with van der Waals surface area (Å²) in [5.41, 5.74) is 4.58. The van der Waals surface area contributed by atoms with Crippen LogP contribution in [-0.4, -0.2) is 28.1 Å². The summed E-state index contributed by atoms with van der Waals surface area (Å²) in [5.74, 6) is 2.19. The van der Waals surface area contributed by atoms with E-state index in [0.717, 1.165) is 24.5 Å². The van der Waals surface area contributed by atoms with Crippen LogP contribution in [0.5, 0.6) is 0 Å². The minimum Gasteiger partial charge on any atom is -0.480 e. The SMILES string of the molecule is CC(C)CCSCCCCC(C)(N)C(=O)O. The van der Waals surface area contributed by atoms with Crippen molar-refractivity contribution in [3.8, 4) is 0 Å². The van der Waals surface area contributed by atoms with E-state index in [4.69, 9.17) is 10.8 Å². The highest BCUT2D eigenvalue weighted by Gasteiger charge is 2.26. The summed E-state index contributed by atoms with van der Waals surface area (Å²) in [4.78, 5) is 10.7. The number of hydrogen-bond donors (Lipinski definition) is 2. The molecule has 0 amide bonds. The van der Waals surface area contributed by atoms with Crippen LogP contribution in [0.25, 0.3) is 0 Å². The zero-order chi connectivity index (χ0) is 12.6. The van der Waals surface area contributed by atoms with Crippen LogP contribution in [-0.2, 0) is 4.79 Å². The van der Waals surface area contributed by atoms with Gasteiger partial charge < -0.3 is 10.8 Å². The summed E-state index contributed by atoms with van der Waals surface area (Å²) in [6, 6.07) is 0. The molecule has 0 aromatic heterocycles. The summed E-state index contributed by atoms with van der Waals surface area (Å²) >= 11 is 1.95. The van der Waals surface area contributed by atoms with E-state index in [1.54, 1.807) is 6.92 Å². The lowest BCUT2D eigenvalue weighted by Crippen LogP contribution is -2.44. The third kappa shape index (κ3) is 7.99. The number of rotatable bonds is 9. The van der Waals surface area contributed by atoms with Gasteiger partial charge in [-0.1, -0.05) is 20.3 Å². The Morgan fingerprint density at radius 3 is 2.50 bits per heavy atom. The van der Waals surface area contributed by atoms with E-state index in [0.29, 0.717) is 6.42 Å². The molecule has 0 aromatic carbocycles. The standard InChI is InChI=1S/C12H25NO2S/c1-10(2)6-9-16-8-5-4-7-12(3,13)11(14)15/h10H,4-9,13H2,1-3H3,(H,14,15). The maximum atomic E-state index is 10.7. The molecule has 3 nitrogen and oxygen atoms in total. The van der Waals surface area contributed by atoms with Gasteiger partial charge in [0.25, 0.3) is 0 Å². The maximum Gasteiger partial charge on any atom is 0.323 e. The molecule has 0 aliphatic heterocycles. The summed E-state index contributed by atoms with van der Waals surface area (Å²) in [7, 11) is 0. The molecule has 1 unspecified atom stereocenters. The predicted molar refractivity (Wildman–Crippen MR) is 70.9 cm³/mol. The van der Waals surface area contributed by atoms with Gasteiger partial charge in [-0.25, -0.2) is 0 Å². The summed E-state index contributed by atoms with van der Waals surface area (Å²) in [6.07, 6.45) is 3.78. The van der Waals surface area contributed by atoms with E-state index in [1.165, 1.54) is 12.2 Å². The molecule has 0 saturated heterocycles. The number of carboxylic acid groups (broad SMARTS) is 1. The molecule has 0 spiro atoms. The van der Waals surface area contributed by atoms with Gasteiger partial charge in [-0.3, -0.25) is 4.79 Å². The third-order valence-electron chi connectivity index (χ3n) is 2.56. The van der Waals surface area contributed by atoms with E-state index < -0.39 is 11.5 Å². The third-order valence-corrected chi connectivity index (χ3v) is 3.66. The largest absolute Gasteiger partial charge is 0.480 e. The summed E-state index contributed by atoms with van der Waals surface area (Å²) < 4.78 is 0. The second kappa shape index (κ2) is 7.96. The van der Waals surface area contributed by atoms with E-state index in [1.807, 2.05) is 11.8 Å². The molecular formula is C12H25NO2S. The van der Waals surface area contributed by atoms with E-state index in [-0.39, 0.29) is 0 Å². The number of carbonyl (C=O) groups is 1. The Hall–Kier alpha value is -0.220. The fourth-order valence-corrected chi connectivity index (χ4v) is 2.47. The lowest BCUT2D eigenvalue weighted by molar-refractivity contribution is -0.142. The van der Waals surface area contributed by atoms with Crippen LogP contribution in [0, 0.1) is 5.92 Å². The van der Waals surface area contributed by atoms with Crippen LogP contribution in [0.4, 0.5) is 0 Å². The molecular weight excluding hydrogens is 222 g/mol. The molecule has 16 heavy (non-hydrogen) atoms. The molecule has 0 fully saturated rings. The highest BCUT2D eigenvalue weighted by atomic mass is 32.2. The number of nitrogens with two attached hydrogens (primary N) is 1. The molecule has 0 radical (unpaired) electrons. The van der Waals surface area contributed by atoms with Crippen molar-refractivity contribution in [1.29, 1.82) is 0 Å². The Labute approximate surface area is 103 Å². The van der Waals surface area contributed by atoms with Gasteiger partial charge in [0.1, 0.15) is 5.54 Å². The smallest absolute Gasteiger partial charge is 0.323 e. The molecule has 1 atom stereocenters. The minimum absolute atomic E-state index is 0.563. The number of thioether (sulfide) groups is 1. The zero-order valence-corrected chi connectivity index (χ0v) is 11.5. The van der Waals surface area contributed by atoms with Gasteiger partial charge in [-0.05, 0) is 43.6 Å². The second-order valence-corrected chi connectivity index (χ2v) is 6.20. The molecule has 0 heterocycles. The molecule has 0 aromatic rings. The number of hydrogen-bond acceptors (Lipinski definition) is 3. The Morgan fingerprint density at radius 2 is 2.00 bits per heavy atom. The minimum atomic E-state index is -1.05. The fraction of sp³-hybridized carbons (Fsp3) is 0.917. The Kier molecular flexibility index (Phi) is 7.85. The van der Waals surface area contributed by atoms with Gasteiger partial charge in [-0.2, -0.15) is 11.8 Å². The van der Waals surface area contributed by atoms with Crippen molar-refractivity contribution in [2.75, 3.05) is 11.5 Å². The molecule has 0 saturated carbocycles. The van der Waals surface area contributed by atoms with Crippen LogP contribution in [0.3, 0.4) is 0 Å². The Balaban J connectivity index is 3.37. The van der Waals surface area contributed by atoms with Crippen LogP contribution >= 0.6 is 11.8 Å². The van der Waals surface area contributed by atoms with Crippen molar-refractivity contribution in [1.82, 2.24) is 0 Å². The average molecular weight is 247 g/mol. The van der Waals surface area contributed by atoms with Crippen LogP contribution in [0.1, 0.15) is 46.5 Å². The number of aliphatic carboxylic acids is 1. The van der Waals surface area contributed by atoms with E-state index >= 15 is 0 Å². The fourth-order valence-electron chi connectivity index (χ4n) is 1.22. The van der Waals surface area contributed by atoms with E-state index in [9.17, 15) is 4.79 Å². The molecule has 0 rings (SSSR count). The van der Waals surface area contributed by atoms with Gasteiger partial charge in [0.2, 0.25) is 0 Å². The summed E-state index contributed by atoms with van der Waals surface area (Å²) in [5, 5.41) is 8.81. The van der Waals surface area contributed by atoms with Gasteiger partial charge in [-0.15, -0.1) is 0 Å². The molecule has 0 aliphatic rings. The van der Waals surface area contributed by atoms with Gasteiger partial charge in [0.05, 0.1) is 0 Å². The zero-order valence-electron chi connectivity index (χ0n) is 10.7. The second-order valence-electron chi connectivity index (χ2n) is 4.97. The summed E-state index contributed by atoms with van der Waals surface area (Å²) in [6.45, 7) is 6.04. The van der Waals surface area contributed by atoms with Crippen molar-refractivity contribution in [3.05, 3.63) is 0 Å². The lowest BCUT2D eigenvalue weighted by Gasteiger charge is -2.18. The van der Waals surface area contributed by atoms with E-state index in [2.05, 4.69) is 13.8 Å². The van der Waals surface area contributed by atoms with Crippen LogP contribution in [0.2, 0.25) is 0 Å². The Bertz CT molecular complexity index is 205. The normalized spacial score (nSPS) is 15.1. The molecule has 0 bridgehead atoms. The lowest BCUT2D eigenvalue weighted by atomic mass is 9.97. The first kappa shape index (κ1) is 15.8. The van der Waals surface area contributed by atoms with Crippen molar-refractivity contribution >= 4 is 17.7 Å². The monoisotopic (exact) mass is 247 g/mol. The van der Waals surface area contributed by atoms with Gasteiger partial charge >= 0.3 is 5.97 Å². The van der Waals surface area contributed by atoms with Gasteiger partial charge in [0, 0.05) is 0 Å². The quantitative estimate of drug-likeness (QED) is 0.615. The molecule has 96 valence electrons. The van der Waals surface area contributed by atoms with Crippen molar-refractivity contribution in [2.45, 2.75) is 52.0 Å². The van der Waals surface area contributed by atoms with Crippen LogP contribution in [0.15, 0.2) is 0 Å². The Morgan fingerprint density at radius 1 is 1.38 bits per heavy atom. The average Bonchev–Trinajstić information content (AvgIpc) is 2.15. The maximum absolute atomic E-state index is 10.7. The number of unbranched alkanes of at least 4 members (excludes halogenated alkanes) is 1. The first-order valence-electron chi connectivity index (χ1n) is 5.96. The topological polar surface area (TPSA) is 63.3 Å². The predicted octanol–water partition coefficient (Wildman–Crippen LogP) is 2.74. The van der Waals surface area contributed by atoms with Crippen molar-refractivity contribution in [3.63, 3.8) is 0 Å². The highest BCUT2D eigenvalue weighted by Crippen LogP contribution is 2.15. The van der Waals surface area contributed by atoms with Crippen LogP contribution < -0.4 is 5.73 Å². The molecule has 3 N–H and O–H groups in total. The molecule has 4 heteroatoms. The van der Waals surface area contributed by atoms with Crippen molar-refractivity contribution < 1.29 is 9.90 Å². The number of carboxylic acids is 1. The first-order valence-corrected chi connectivity index (χ1v) is 7.11. The first-order chi connectivity index (χ1) is 7.36. The van der Waals surface area contributed by atoms with Crippen molar-refractivity contribution in [2.24, 2.45) is 11.7 Å². The van der Waals surface area contributed by atoms with Gasteiger partial charge in [0.15, 0.2) is 0 Å². The molecule has 0 aliphatic carbocycles.